The lowest BCUT2D eigenvalue weighted by Gasteiger charge is -2.22. The van der Waals surface area contributed by atoms with Gasteiger partial charge in [-0.15, -0.1) is 0 Å². The van der Waals surface area contributed by atoms with Crippen LogP contribution < -0.4 is 10.1 Å². The number of nitrogens with one attached hydrogen (secondary N) is 1. The van der Waals surface area contributed by atoms with Crippen LogP contribution in [-0.4, -0.2) is 17.9 Å². The lowest BCUT2D eigenvalue weighted by molar-refractivity contribution is 0.0979. The number of ether oxygens (including phenoxy) is 1. The highest BCUT2D eigenvalue weighted by Crippen LogP contribution is 2.28. The quantitative estimate of drug-likeness (QED) is 0.559. The zero-order valence-electron chi connectivity index (χ0n) is 16.9. The molecule has 5 heteroatoms. The lowest BCUT2D eigenvalue weighted by atomic mass is 9.96. The molecule has 2 aromatic carbocycles. The van der Waals surface area contributed by atoms with Gasteiger partial charge in [-0.1, -0.05) is 50.8 Å². The molecule has 1 fully saturated rings. The Bertz CT molecular complexity index is 859. The van der Waals surface area contributed by atoms with E-state index in [0.29, 0.717) is 23.1 Å². The topological polar surface area (TPSA) is 55.4 Å². The molecular formula is C24H28FNO3. The fourth-order valence-electron chi connectivity index (χ4n) is 3.68. The Labute approximate surface area is 171 Å². The fraction of sp³-hybridized carbons (Fsp3) is 0.417. The van der Waals surface area contributed by atoms with Gasteiger partial charge in [0.1, 0.15) is 11.6 Å². The molecule has 1 saturated carbocycles. The van der Waals surface area contributed by atoms with Crippen LogP contribution in [0.15, 0.2) is 42.5 Å². The first-order valence-electron chi connectivity index (χ1n) is 10.5. The molecule has 29 heavy (non-hydrogen) atoms. The molecule has 4 nitrogen and oxygen atoms in total. The molecular weight excluding hydrogens is 369 g/mol. The van der Waals surface area contributed by atoms with Crippen LogP contribution in [0.25, 0.3) is 11.1 Å². The summed E-state index contributed by atoms with van der Waals surface area (Å²) < 4.78 is 19.8. The van der Waals surface area contributed by atoms with Crippen molar-refractivity contribution in [1.82, 2.24) is 5.32 Å². The second-order valence-electron chi connectivity index (χ2n) is 7.62. The number of hydrogen-bond donors (Lipinski definition) is 1. The molecule has 1 aliphatic rings. The number of hydrogen-bond acceptors (Lipinski definition) is 3. The Balaban J connectivity index is 1.73. The lowest BCUT2D eigenvalue weighted by Crippen LogP contribution is -2.38. The predicted molar refractivity (Wildman–Crippen MR) is 112 cm³/mol. The number of benzene rings is 2. The van der Waals surface area contributed by atoms with Crippen molar-refractivity contribution in [3.8, 4) is 16.9 Å². The molecule has 1 N–H and O–H groups in total. The highest BCUT2D eigenvalue weighted by molar-refractivity contribution is 5.97. The van der Waals surface area contributed by atoms with Gasteiger partial charge < -0.3 is 10.1 Å². The average Bonchev–Trinajstić information content (AvgIpc) is 2.74. The first-order valence-corrected chi connectivity index (χ1v) is 10.5. The molecule has 0 unspecified atom stereocenters. The summed E-state index contributed by atoms with van der Waals surface area (Å²) in [5.74, 6) is -0.103. The molecule has 1 amide bonds. The van der Waals surface area contributed by atoms with Crippen LogP contribution in [0.2, 0.25) is 0 Å². The van der Waals surface area contributed by atoms with E-state index in [0.717, 1.165) is 38.5 Å². The number of carbonyl (C=O) groups is 2. The van der Waals surface area contributed by atoms with Crippen LogP contribution in [0.5, 0.6) is 5.75 Å². The van der Waals surface area contributed by atoms with E-state index in [-0.39, 0.29) is 17.6 Å². The van der Waals surface area contributed by atoms with E-state index >= 15 is 0 Å². The van der Waals surface area contributed by atoms with Gasteiger partial charge in [0.15, 0.2) is 5.78 Å². The van der Waals surface area contributed by atoms with E-state index in [1.807, 2.05) is 6.92 Å². The van der Waals surface area contributed by atoms with Crippen molar-refractivity contribution in [2.75, 3.05) is 0 Å². The third-order valence-corrected chi connectivity index (χ3v) is 5.33. The molecule has 0 spiro atoms. The summed E-state index contributed by atoms with van der Waals surface area (Å²) in [6, 6.07) is 11.3. The van der Waals surface area contributed by atoms with Crippen molar-refractivity contribution in [3.63, 3.8) is 0 Å². The van der Waals surface area contributed by atoms with Crippen molar-refractivity contribution in [2.45, 2.75) is 64.3 Å². The van der Waals surface area contributed by atoms with Crippen LogP contribution in [0.4, 0.5) is 9.18 Å². The van der Waals surface area contributed by atoms with Crippen molar-refractivity contribution in [3.05, 3.63) is 53.8 Å². The molecule has 0 bridgehead atoms. The van der Waals surface area contributed by atoms with Crippen molar-refractivity contribution in [1.29, 1.82) is 0 Å². The second-order valence-corrected chi connectivity index (χ2v) is 7.62. The van der Waals surface area contributed by atoms with E-state index in [1.54, 1.807) is 24.3 Å². The number of Topliss-reactive ketones (excluding diaryl/α,β-unsaturated/α-hetero) is 1. The molecule has 0 atom stereocenters. The SMILES string of the molecule is CCCCC(=O)c1cccc(-c2cc(OC(=O)NC3CCCCC3)ccc2F)c1. The summed E-state index contributed by atoms with van der Waals surface area (Å²) in [6.45, 7) is 2.04. The first kappa shape index (κ1) is 21.0. The van der Waals surface area contributed by atoms with Gasteiger partial charge in [0.2, 0.25) is 0 Å². The third-order valence-electron chi connectivity index (χ3n) is 5.33. The minimum atomic E-state index is -0.516. The fourth-order valence-corrected chi connectivity index (χ4v) is 3.68. The standard InChI is InChI=1S/C24H28FNO3/c1-2-3-12-23(27)18-9-7-8-17(15-18)21-16-20(13-14-22(21)25)29-24(28)26-19-10-5-4-6-11-19/h7-9,13-16,19H,2-6,10-12H2,1H3,(H,26,28). The van der Waals surface area contributed by atoms with E-state index in [1.165, 1.54) is 24.6 Å². The van der Waals surface area contributed by atoms with Crippen LogP contribution in [0.1, 0.15) is 68.6 Å². The average molecular weight is 397 g/mol. The van der Waals surface area contributed by atoms with Crippen LogP contribution in [-0.2, 0) is 0 Å². The van der Waals surface area contributed by atoms with Crippen molar-refractivity contribution < 1.29 is 18.7 Å². The van der Waals surface area contributed by atoms with Crippen molar-refractivity contribution >= 4 is 11.9 Å². The molecule has 0 saturated heterocycles. The Morgan fingerprint density at radius 3 is 2.66 bits per heavy atom. The Hall–Kier alpha value is -2.69. The molecule has 0 aliphatic heterocycles. The highest BCUT2D eigenvalue weighted by atomic mass is 19.1. The minimum Gasteiger partial charge on any atom is -0.410 e. The van der Waals surface area contributed by atoms with Crippen LogP contribution >= 0.6 is 0 Å². The van der Waals surface area contributed by atoms with Crippen LogP contribution in [0.3, 0.4) is 0 Å². The van der Waals surface area contributed by atoms with Gasteiger partial charge in [-0.25, -0.2) is 9.18 Å². The molecule has 154 valence electrons. The molecule has 1 aliphatic carbocycles. The molecule has 0 heterocycles. The normalized spacial score (nSPS) is 14.4. The Morgan fingerprint density at radius 2 is 1.90 bits per heavy atom. The first-order chi connectivity index (χ1) is 14.1. The molecule has 0 radical (unpaired) electrons. The zero-order valence-corrected chi connectivity index (χ0v) is 16.9. The Morgan fingerprint density at radius 1 is 1.10 bits per heavy atom. The molecule has 2 aromatic rings. The third kappa shape index (κ3) is 5.89. The molecule has 3 rings (SSSR count). The minimum absolute atomic E-state index is 0.0494. The highest BCUT2D eigenvalue weighted by Gasteiger charge is 2.17. The van der Waals surface area contributed by atoms with Gasteiger partial charge in [0.25, 0.3) is 0 Å². The number of halogens is 1. The summed E-state index contributed by atoms with van der Waals surface area (Å²) in [5.41, 5.74) is 1.46. The number of carbonyl (C=O) groups excluding carboxylic acids is 2. The predicted octanol–water partition coefficient (Wildman–Crippen LogP) is 6.29. The van der Waals surface area contributed by atoms with Gasteiger partial charge in [-0.3, -0.25) is 4.79 Å². The number of unbranched alkanes of at least 4 members (excludes halogenated alkanes) is 1. The van der Waals surface area contributed by atoms with Gasteiger partial charge in [0, 0.05) is 23.6 Å². The summed E-state index contributed by atoms with van der Waals surface area (Å²) in [4.78, 5) is 24.5. The smallest absolute Gasteiger partial charge is 0.410 e. The maximum Gasteiger partial charge on any atom is 0.412 e. The summed E-state index contributed by atoms with van der Waals surface area (Å²) in [5, 5.41) is 2.89. The van der Waals surface area contributed by atoms with E-state index < -0.39 is 11.9 Å². The number of amides is 1. The Kier molecular flexibility index (Phi) is 7.39. The van der Waals surface area contributed by atoms with Crippen molar-refractivity contribution in [2.24, 2.45) is 0 Å². The summed E-state index contributed by atoms with van der Waals surface area (Å²) in [6.07, 6.45) is 7.09. The van der Waals surface area contributed by atoms with Gasteiger partial charge in [-0.05, 0) is 49.1 Å². The van der Waals surface area contributed by atoms with Gasteiger partial charge in [-0.2, -0.15) is 0 Å². The maximum absolute atomic E-state index is 14.5. The number of ketones is 1. The molecule has 0 aromatic heterocycles. The zero-order chi connectivity index (χ0) is 20.6. The van der Waals surface area contributed by atoms with E-state index in [9.17, 15) is 14.0 Å². The van der Waals surface area contributed by atoms with E-state index in [4.69, 9.17) is 4.74 Å². The largest absolute Gasteiger partial charge is 0.412 e. The van der Waals surface area contributed by atoms with Gasteiger partial charge in [0.05, 0.1) is 0 Å². The summed E-state index contributed by atoms with van der Waals surface area (Å²) >= 11 is 0. The number of rotatable bonds is 7. The maximum atomic E-state index is 14.5. The van der Waals surface area contributed by atoms with Crippen LogP contribution in [0, 0.1) is 5.82 Å². The summed E-state index contributed by atoms with van der Waals surface area (Å²) in [7, 11) is 0. The van der Waals surface area contributed by atoms with E-state index in [2.05, 4.69) is 5.32 Å². The van der Waals surface area contributed by atoms with Gasteiger partial charge >= 0.3 is 6.09 Å². The monoisotopic (exact) mass is 397 g/mol. The second kappa shape index (κ2) is 10.2.